The molecule has 1 aromatic carbocycles. The number of carbonyl (C=O) groups is 1. The number of ether oxygens (including phenoxy) is 3. The predicted octanol–water partition coefficient (Wildman–Crippen LogP) is 2.02. The zero-order valence-electron chi connectivity index (χ0n) is 12.7. The van der Waals surface area contributed by atoms with Gasteiger partial charge in [-0.25, -0.2) is 0 Å². The van der Waals surface area contributed by atoms with Gasteiger partial charge in [-0.2, -0.15) is 0 Å². The van der Waals surface area contributed by atoms with Crippen molar-refractivity contribution < 1.29 is 19.0 Å². The van der Waals surface area contributed by atoms with Gasteiger partial charge in [-0.05, 0) is 30.5 Å². The maximum Gasteiger partial charge on any atom is 0.249 e. The molecule has 1 heterocycles. The Bertz CT molecular complexity index is 463. The van der Waals surface area contributed by atoms with Gasteiger partial charge in [0.15, 0.2) is 0 Å². The van der Waals surface area contributed by atoms with Crippen LogP contribution in [0.1, 0.15) is 24.4 Å². The number of rotatable bonds is 7. The van der Waals surface area contributed by atoms with E-state index >= 15 is 0 Å². The van der Waals surface area contributed by atoms with E-state index < -0.39 is 0 Å². The summed E-state index contributed by atoms with van der Waals surface area (Å²) < 4.78 is 15.5. The lowest BCUT2D eigenvalue weighted by molar-refractivity contribution is -0.137. The minimum atomic E-state index is 0.0384. The molecule has 5 nitrogen and oxygen atoms in total. The van der Waals surface area contributed by atoms with Gasteiger partial charge in [0.1, 0.15) is 12.4 Å². The molecule has 2 rings (SSSR count). The average Bonchev–Trinajstić information content (AvgIpc) is 3.01. The Morgan fingerprint density at radius 1 is 1.33 bits per heavy atom. The van der Waals surface area contributed by atoms with Gasteiger partial charge < -0.3 is 19.1 Å². The predicted molar refractivity (Wildman–Crippen MR) is 79.4 cm³/mol. The van der Waals surface area contributed by atoms with Crippen LogP contribution < -0.4 is 4.74 Å². The molecule has 1 atom stereocenters. The van der Waals surface area contributed by atoms with E-state index in [1.165, 1.54) is 0 Å². The molecule has 1 saturated heterocycles. The van der Waals surface area contributed by atoms with Crippen LogP contribution in [0.4, 0.5) is 0 Å². The van der Waals surface area contributed by atoms with Gasteiger partial charge in [0.2, 0.25) is 5.91 Å². The first kappa shape index (κ1) is 15.8. The maximum atomic E-state index is 12.3. The molecule has 0 spiro atoms. The number of carbonyl (C=O) groups excluding carboxylic acids is 1. The van der Waals surface area contributed by atoms with Crippen molar-refractivity contribution in [2.24, 2.45) is 0 Å². The third-order valence-electron chi connectivity index (χ3n) is 3.71. The molecule has 0 N–H and O–H groups in total. The molecule has 5 heteroatoms. The third kappa shape index (κ3) is 4.19. The van der Waals surface area contributed by atoms with Crippen LogP contribution in [0, 0.1) is 0 Å². The van der Waals surface area contributed by atoms with Crippen LogP contribution in [-0.2, 0) is 14.3 Å². The van der Waals surface area contributed by atoms with Gasteiger partial charge in [0, 0.05) is 13.7 Å². The lowest BCUT2D eigenvalue weighted by Gasteiger charge is -2.25. The molecule has 1 aromatic rings. The van der Waals surface area contributed by atoms with Crippen LogP contribution in [0.25, 0.3) is 0 Å². The summed E-state index contributed by atoms with van der Waals surface area (Å²) >= 11 is 0. The Labute approximate surface area is 125 Å². The van der Waals surface area contributed by atoms with E-state index in [0.717, 1.165) is 30.7 Å². The minimum absolute atomic E-state index is 0.0384. The fraction of sp³-hybridized carbons (Fsp3) is 0.562. The quantitative estimate of drug-likeness (QED) is 0.722. The van der Waals surface area contributed by atoms with Crippen molar-refractivity contribution in [3.05, 3.63) is 29.8 Å². The SMILES string of the molecule is COCCOCC(=O)N1CCCC1c1cccc(OC)c1. The lowest BCUT2D eigenvalue weighted by atomic mass is 10.0. The number of hydrogen-bond donors (Lipinski definition) is 0. The third-order valence-corrected chi connectivity index (χ3v) is 3.71. The highest BCUT2D eigenvalue weighted by molar-refractivity contribution is 5.78. The van der Waals surface area contributed by atoms with E-state index in [1.807, 2.05) is 29.2 Å². The summed E-state index contributed by atoms with van der Waals surface area (Å²) in [4.78, 5) is 14.2. The Morgan fingerprint density at radius 3 is 2.95 bits per heavy atom. The van der Waals surface area contributed by atoms with Crippen molar-refractivity contribution in [1.82, 2.24) is 4.90 Å². The first-order chi connectivity index (χ1) is 10.3. The van der Waals surface area contributed by atoms with Gasteiger partial charge in [-0.15, -0.1) is 0 Å². The average molecular weight is 293 g/mol. The van der Waals surface area contributed by atoms with E-state index in [1.54, 1.807) is 14.2 Å². The van der Waals surface area contributed by atoms with Gasteiger partial charge in [-0.1, -0.05) is 12.1 Å². The Morgan fingerprint density at radius 2 is 2.19 bits per heavy atom. The van der Waals surface area contributed by atoms with E-state index in [4.69, 9.17) is 14.2 Å². The van der Waals surface area contributed by atoms with Crippen molar-refractivity contribution in [3.63, 3.8) is 0 Å². The molecule has 21 heavy (non-hydrogen) atoms. The Kier molecular flexibility index (Phi) is 6.02. The molecule has 116 valence electrons. The van der Waals surface area contributed by atoms with Gasteiger partial charge in [0.05, 0.1) is 26.4 Å². The molecular formula is C16H23NO4. The van der Waals surface area contributed by atoms with E-state index in [9.17, 15) is 4.79 Å². The summed E-state index contributed by atoms with van der Waals surface area (Å²) in [6.45, 7) is 1.85. The Hall–Kier alpha value is -1.59. The van der Waals surface area contributed by atoms with E-state index in [-0.39, 0.29) is 18.6 Å². The molecule has 0 aliphatic carbocycles. The lowest BCUT2D eigenvalue weighted by Crippen LogP contribution is -2.33. The molecule has 1 unspecified atom stereocenters. The van der Waals surface area contributed by atoms with Crippen molar-refractivity contribution >= 4 is 5.91 Å². The van der Waals surface area contributed by atoms with Crippen molar-refractivity contribution in [2.45, 2.75) is 18.9 Å². The number of likely N-dealkylation sites (tertiary alicyclic amines) is 1. The highest BCUT2D eigenvalue weighted by Gasteiger charge is 2.29. The first-order valence-electron chi connectivity index (χ1n) is 7.26. The van der Waals surface area contributed by atoms with Crippen LogP contribution in [0.15, 0.2) is 24.3 Å². The molecule has 0 bridgehead atoms. The summed E-state index contributed by atoms with van der Waals surface area (Å²) in [5.41, 5.74) is 1.12. The summed E-state index contributed by atoms with van der Waals surface area (Å²) in [6.07, 6.45) is 2.00. The van der Waals surface area contributed by atoms with Gasteiger partial charge >= 0.3 is 0 Å². The standard InChI is InChI=1S/C16H23NO4/c1-19-9-10-21-12-16(18)17-8-4-7-15(17)13-5-3-6-14(11-13)20-2/h3,5-6,11,15H,4,7-10,12H2,1-2H3. The molecule has 0 saturated carbocycles. The smallest absolute Gasteiger partial charge is 0.249 e. The second kappa shape index (κ2) is 8.00. The molecule has 1 fully saturated rings. The highest BCUT2D eigenvalue weighted by atomic mass is 16.5. The van der Waals surface area contributed by atoms with E-state index in [2.05, 4.69) is 0 Å². The summed E-state index contributed by atoms with van der Waals surface area (Å²) in [6, 6.07) is 8.05. The zero-order valence-corrected chi connectivity index (χ0v) is 12.7. The molecule has 1 aliphatic rings. The minimum Gasteiger partial charge on any atom is -0.497 e. The number of amides is 1. The number of hydrogen-bond acceptors (Lipinski definition) is 4. The molecule has 0 radical (unpaired) electrons. The molecular weight excluding hydrogens is 270 g/mol. The van der Waals surface area contributed by atoms with Gasteiger partial charge in [0.25, 0.3) is 0 Å². The second-order valence-corrected chi connectivity index (χ2v) is 5.07. The summed E-state index contributed by atoms with van der Waals surface area (Å²) in [5, 5.41) is 0. The monoisotopic (exact) mass is 293 g/mol. The van der Waals surface area contributed by atoms with Crippen molar-refractivity contribution in [1.29, 1.82) is 0 Å². The number of methoxy groups -OCH3 is 2. The van der Waals surface area contributed by atoms with Crippen LogP contribution in [-0.4, -0.2) is 51.4 Å². The maximum absolute atomic E-state index is 12.3. The first-order valence-corrected chi connectivity index (χ1v) is 7.26. The Balaban J connectivity index is 1.97. The number of nitrogens with zero attached hydrogens (tertiary/aromatic N) is 1. The second-order valence-electron chi connectivity index (χ2n) is 5.07. The zero-order chi connectivity index (χ0) is 15.1. The molecule has 1 amide bonds. The normalized spacial score (nSPS) is 18.0. The molecule has 0 aromatic heterocycles. The fourth-order valence-electron chi connectivity index (χ4n) is 2.65. The molecule has 1 aliphatic heterocycles. The largest absolute Gasteiger partial charge is 0.497 e. The fourth-order valence-corrected chi connectivity index (χ4v) is 2.65. The van der Waals surface area contributed by atoms with Crippen LogP contribution in [0.3, 0.4) is 0 Å². The van der Waals surface area contributed by atoms with Crippen LogP contribution >= 0.6 is 0 Å². The van der Waals surface area contributed by atoms with Crippen LogP contribution in [0.2, 0.25) is 0 Å². The summed E-state index contributed by atoms with van der Waals surface area (Å²) in [7, 11) is 3.27. The van der Waals surface area contributed by atoms with E-state index in [0.29, 0.717) is 13.2 Å². The van der Waals surface area contributed by atoms with Crippen molar-refractivity contribution in [3.8, 4) is 5.75 Å². The highest BCUT2D eigenvalue weighted by Crippen LogP contribution is 2.33. The number of benzene rings is 1. The van der Waals surface area contributed by atoms with Crippen molar-refractivity contribution in [2.75, 3.05) is 40.6 Å². The topological polar surface area (TPSA) is 48.0 Å². The van der Waals surface area contributed by atoms with Gasteiger partial charge in [-0.3, -0.25) is 4.79 Å². The summed E-state index contributed by atoms with van der Waals surface area (Å²) in [5.74, 6) is 0.861. The van der Waals surface area contributed by atoms with Crippen LogP contribution in [0.5, 0.6) is 5.75 Å².